The minimum Gasteiger partial charge on any atom is -0.352 e. The number of nitrogens with two attached hydrogens (primary N) is 1. The number of rotatable bonds is 5. The summed E-state index contributed by atoms with van der Waals surface area (Å²) in [5.41, 5.74) is 7.28. The number of benzene rings is 1. The highest BCUT2D eigenvalue weighted by Gasteiger charge is 2.22. The van der Waals surface area contributed by atoms with Crippen molar-refractivity contribution in [1.29, 1.82) is 0 Å². The molecule has 3 N–H and O–H groups in total. The van der Waals surface area contributed by atoms with Crippen molar-refractivity contribution < 1.29 is 4.79 Å². The van der Waals surface area contributed by atoms with E-state index in [9.17, 15) is 4.79 Å². The number of nitrogens with zero attached hydrogens (tertiary/aromatic N) is 2. The lowest BCUT2D eigenvalue weighted by Crippen LogP contribution is -2.50. The van der Waals surface area contributed by atoms with Gasteiger partial charge in [0.15, 0.2) is 0 Å². The van der Waals surface area contributed by atoms with Crippen LogP contribution in [0.3, 0.4) is 0 Å². The first-order valence-corrected chi connectivity index (χ1v) is 9.22. The van der Waals surface area contributed by atoms with Gasteiger partial charge in [0.1, 0.15) is 0 Å². The molecule has 1 aromatic carbocycles. The normalized spacial score (nSPS) is 26.2. The van der Waals surface area contributed by atoms with Gasteiger partial charge in [-0.1, -0.05) is 30.3 Å². The molecule has 1 aromatic rings. The molecular formula is C19H30N4O. The fourth-order valence-corrected chi connectivity index (χ4v) is 3.69. The van der Waals surface area contributed by atoms with Crippen molar-refractivity contribution in [2.45, 2.75) is 44.3 Å². The van der Waals surface area contributed by atoms with Crippen molar-refractivity contribution in [3.05, 3.63) is 35.9 Å². The molecular weight excluding hydrogens is 300 g/mol. The minimum atomic E-state index is 0.173. The van der Waals surface area contributed by atoms with Gasteiger partial charge < -0.3 is 11.1 Å². The van der Waals surface area contributed by atoms with Gasteiger partial charge in [0.25, 0.3) is 0 Å². The first-order valence-electron chi connectivity index (χ1n) is 9.22. The maximum Gasteiger partial charge on any atom is 0.234 e. The second-order valence-corrected chi connectivity index (χ2v) is 7.22. The van der Waals surface area contributed by atoms with Gasteiger partial charge in [0, 0.05) is 44.8 Å². The SMILES string of the molecule is NC1CCC(NC(=O)CN2CCN(Cc3ccccc3)CC2)CC1. The molecule has 1 amide bonds. The van der Waals surface area contributed by atoms with Crippen LogP contribution in [0.5, 0.6) is 0 Å². The lowest BCUT2D eigenvalue weighted by molar-refractivity contribution is -0.123. The summed E-state index contributed by atoms with van der Waals surface area (Å²) in [5.74, 6) is 0.173. The van der Waals surface area contributed by atoms with E-state index in [2.05, 4.69) is 45.4 Å². The van der Waals surface area contributed by atoms with Crippen LogP contribution in [0.2, 0.25) is 0 Å². The molecule has 24 heavy (non-hydrogen) atoms. The second kappa shape index (κ2) is 8.60. The second-order valence-electron chi connectivity index (χ2n) is 7.22. The minimum absolute atomic E-state index is 0.173. The Bertz CT molecular complexity index is 505. The molecule has 2 fully saturated rings. The van der Waals surface area contributed by atoms with E-state index in [-0.39, 0.29) is 5.91 Å². The van der Waals surface area contributed by atoms with E-state index in [0.29, 0.717) is 18.6 Å². The van der Waals surface area contributed by atoms with E-state index in [4.69, 9.17) is 5.73 Å². The molecule has 0 unspecified atom stereocenters. The van der Waals surface area contributed by atoms with Crippen LogP contribution in [0.4, 0.5) is 0 Å². The summed E-state index contributed by atoms with van der Waals surface area (Å²) >= 11 is 0. The Morgan fingerprint density at radius 1 is 1.00 bits per heavy atom. The zero-order chi connectivity index (χ0) is 16.8. The van der Waals surface area contributed by atoms with Crippen molar-refractivity contribution in [1.82, 2.24) is 15.1 Å². The van der Waals surface area contributed by atoms with E-state index in [1.54, 1.807) is 0 Å². The quantitative estimate of drug-likeness (QED) is 0.851. The van der Waals surface area contributed by atoms with Gasteiger partial charge in [-0.15, -0.1) is 0 Å². The predicted octanol–water partition coefficient (Wildman–Crippen LogP) is 1.19. The number of nitrogens with one attached hydrogen (secondary N) is 1. The maximum absolute atomic E-state index is 12.2. The number of carbonyl (C=O) groups is 1. The lowest BCUT2D eigenvalue weighted by atomic mass is 9.92. The number of hydrogen-bond acceptors (Lipinski definition) is 4. The fraction of sp³-hybridized carbons (Fsp3) is 0.632. The van der Waals surface area contributed by atoms with Gasteiger partial charge in [0.05, 0.1) is 6.54 Å². The topological polar surface area (TPSA) is 61.6 Å². The molecule has 0 spiro atoms. The zero-order valence-electron chi connectivity index (χ0n) is 14.5. The Morgan fingerprint density at radius 2 is 1.62 bits per heavy atom. The molecule has 5 nitrogen and oxygen atoms in total. The van der Waals surface area contributed by atoms with E-state index >= 15 is 0 Å². The Balaban J connectivity index is 1.35. The largest absolute Gasteiger partial charge is 0.352 e. The number of hydrogen-bond donors (Lipinski definition) is 2. The number of carbonyl (C=O) groups excluding carboxylic acids is 1. The highest BCUT2D eigenvalue weighted by atomic mass is 16.2. The molecule has 0 radical (unpaired) electrons. The van der Waals surface area contributed by atoms with Crippen LogP contribution >= 0.6 is 0 Å². The fourth-order valence-electron chi connectivity index (χ4n) is 3.69. The standard InChI is InChI=1S/C19H30N4O/c20-17-6-8-18(9-7-17)21-19(24)15-23-12-10-22(11-13-23)14-16-4-2-1-3-5-16/h1-5,17-18H,6-15,20H2,(H,21,24). The van der Waals surface area contributed by atoms with Gasteiger partial charge in [-0.25, -0.2) is 0 Å². The van der Waals surface area contributed by atoms with Crippen LogP contribution in [-0.2, 0) is 11.3 Å². The molecule has 1 aliphatic heterocycles. The maximum atomic E-state index is 12.2. The summed E-state index contributed by atoms with van der Waals surface area (Å²) in [6, 6.07) is 11.3. The first-order chi connectivity index (χ1) is 11.7. The third kappa shape index (κ3) is 5.30. The first kappa shape index (κ1) is 17.4. The summed E-state index contributed by atoms with van der Waals surface area (Å²) in [4.78, 5) is 17.0. The van der Waals surface area contributed by atoms with Gasteiger partial charge in [-0.3, -0.25) is 14.6 Å². The smallest absolute Gasteiger partial charge is 0.234 e. The summed E-state index contributed by atoms with van der Waals surface area (Å²) < 4.78 is 0. The molecule has 1 heterocycles. The van der Waals surface area contributed by atoms with Gasteiger partial charge in [-0.05, 0) is 31.2 Å². The van der Waals surface area contributed by atoms with Crippen LogP contribution in [0.1, 0.15) is 31.2 Å². The Morgan fingerprint density at radius 3 is 2.29 bits per heavy atom. The number of piperazine rings is 1. The predicted molar refractivity (Wildman–Crippen MR) is 96.5 cm³/mol. The summed E-state index contributed by atoms with van der Waals surface area (Å²) in [6.07, 6.45) is 4.11. The number of amides is 1. The van der Waals surface area contributed by atoms with Crippen LogP contribution < -0.4 is 11.1 Å². The molecule has 0 aromatic heterocycles. The van der Waals surface area contributed by atoms with Crippen molar-refractivity contribution in [3.63, 3.8) is 0 Å². The molecule has 3 rings (SSSR count). The van der Waals surface area contributed by atoms with E-state index in [1.165, 1.54) is 5.56 Å². The highest BCUT2D eigenvalue weighted by molar-refractivity contribution is 5.78. The van der Waals surface area contributed by atoms with Gasteiger partial charge >= 0.3 is 0 Å². The molecule has 1 saturated heterocycles. The van der Waals surface area contributed by atoms with Crippen LogP contribution in [0, 0.1) is 0 Å². The molecule has 0 bridgehead atoms. The third-order valence-electron chi connectivity index (χ3n) is 5.22. The van der Waals surface area contributed by atoms with Crippen molar-refractivity contribution in [2.75, 3.05) is 32.7 Å². The summed E-state index contributed by atoms with van der Waals surface area (Å²) in [6.45, 7) is 5.53. The van der Waals surface area contributed by atoms with Crippen molar-refractivity contribution >= 4 is 5.91 Å². The van der Waals surface area contributed by atoms with Crippen molar-refractivity contribution in [2.24, 2.45) is 5.73 Å². The third-order valence-corrected chi connectivity index (χ3v) is 5.22. The van der Waals surface area contributed by atoms with Crippen LogP contribution in [0.25, 0.3) is 0 Å². The average molecular weight is 330 g/mol. The average Bonchev–Trinajstić information content (AvgIpc) is 2.60. The summed E-state index contributed by atoms with van der Waals surface area (Å²) in [7, 11) is 0. The molecule has 2 aliphatic rings. The van der Waals surface area contributed by atoms with Gasteiger partial charge in [-0.2, -0.15) is 0 Å². The van der Waals surface area contributed by atoms with Gasteiger partial charge in [0.2, 0.25) is 5.91 Å². The molecule has 132 valence electrons. The zero-order valence-corrected chi connectivity index (χ0v) is 14.5. The van der Waals surface area contributed by atoms with E-state index < -0.39 is 0 Å². The van der Waals surface area contributed by atoms with Crippen LogP contribution in [-0.4, -0.2) is 60.5 Å². The Labute approximate surface area is 145 Å². The molecule has 1 aliphatic carbocycles. The van der Waals surface area contributed by atoms with E-state index in [1.807, 2.05) is 0 Å². The molecule has 1 saturated carbocycles. The van der Waals surface area contributed by atoms with Crippen LogP contribution in [0.15, 0.2) is 30.3 Å². The van der Waals surface area contributed by atoms with E-state index in [0.717, 1.165) is 58.4 Å². The highest BCUT2D eigenvalue weighted by Crippen LogP contribution is 2.17. The Kier molecular flexibility index (Phi) is 6.24. The Hall–Kier alpha value is -1.43. The molecule has 5 heteroatoms. The summed E-state index contributed by atoms with van der Waals surface area (Å²) in [5, 5.41) is 3.19. The van der Waals surface area contributed by atoms with Crippen molar-refractivity contribution in [3.8, 4) is 0 Å². The monoisotopic (exact) mass is 330 g/mol. The lowest BCUT2D eigenvalue weighted by Gasteiger charge is -2.35. The molecule has 0 atom stereocenters.